The summed E-state index contributed by atoms with van der Waals surface area (Å²) in [5.74, 6) is -0.335. The Kier molecular flexibility index (Phi) is 4.14. The van der Waals surface area contributed by atoms with Gasteiger partial charge in [0.2, 0.25) is 0 Å². The number of anilines is 1. The molecule has 1 aliphatic heterocycles. The van der Waals surface area contributed by atoms with Gasteiger partial charge >= 0.3 is 0 Å². The molecule has 1 aromatic rings. The lowest BCUT2D eigenvalue weighted by molar-refractivity contribution is 0.271. The van der Waals surface area contributed by atoms with E-state index in [0.717, 1.165) is 38.4 Å². The van der Waals surface area contributed by atoms with Crippen molar-refractivity contribution in [2.75, 3.05) is 37.6 Å². The van der Waals surface area contributed by atoms with Crippen molar-refractivity contribution in [3.05, 3.63) is 29.6 Å². The van der Waals surface area contributed by atoms with Crippen LogP contribution in [0.2, 0.25) is 0 Å². The largest absolute Gasteiger partial charge is 0.389 e. The molecule has 0 bridgehead atoms. The molecule has 98 valence electrons. The van der Waals surface area contributed by atoms with Crippen molar-refractivity contribution in [1.29, 1.82) is 0 Å². The molecule has 0 amide bonds. The van der Waals surface area contributed by atoms with Crippen LogP contribution in [0.15, 0.2) is 18.2 Å². The predicted molar refractivity (Wildman–Crippen MR) is 76.6 cm³/mol. The first-order valence-electron chi connectivity index (χ1n) is 6.19. The maximum Gasteiger partial charge on any atom is 0.135 e. The van der Waals surface area contributed by atoms with E-state index in [2.05, 4.69) is 16.7 Å². The molecule has 0 aliphatic carbocycles. The number of rotatable bonds is 3. The molecule has 3 nitrogen and oxygen atoms in total. The molecule has 1 saturated heterocycles. The molecular formula is C13H18FN3S. The third kappa shape index (κ3) is 2.62. The molecule has 5 heteroatoms. The Morgan fingerprint density at radius 1 is 1.33 bits per heavy atom. The molecule has 0 atom stereocenters. The van der Waals surface area contributed by atoms with Crippen LogP contribution >= 0.6 is 12.2 Å². The summed E-state index contributed by atoms with van der Waals surface area (Å²) < 4.78 is 13.8. The van der Waals surface area contributed by atoms with Gasteiger partial charge < -0.3 is 15.5 Å². The number of nitrogens with zero attached hydrogens (tertiary/aromatic N) is 2. The fourth-order valence-electron chi connectivity index (χ4n) is 2.33. The van der Waals surface area contributed by atoms with Crippen LogP contribution in [-0.4, -0.2) is 42.6 Å². The number of likely N-dealkylation sites (N-methyl/N-ethyl adjacent to an activating group) is 1. The Hall–Kier alpha value is -1.20. The Morgan fingerprint density at radius 3 is 2.56 bits per heavy atom. The summed E-state index contributed by atoms with van der Waals surface area (Å²) in [6, 6.07) is 5.00. The second-order valence-electron chi connectivity index (χ2n) is 4.42. The van der Waals surface area contributed by atoms with Gasteiger partial charge in [0.25, 0.3) is 0 Å². The Labute approximate surface area is 112 Å². The number of halogens is 1. The van der Waals surface area contributed by atoms with Crippen molar-refractivity contribution in [3.8, 4) is 0 Å². The van der Waals surface area contributed by atoms with Gasteiger partial charge in [-0.2, -0.15) is 0 Å². The smallest absolute Gasteiger partial charge is 0.135 e. The van der Waals surface area contributed by atoms with Gasteiger partial charge in [0, 0.05) is 31.9 Å². The minimum Gasteiger partial charge on any atom is -0.389 e. The standard InChI is InChI=1S/C13H18FN3S/c1-2-16-6-8-17(9-7-16)11-5-3-4-10(14)12(11)13(15)18/h3-5H,2,6-9H2,1H3,(H2,15,18). The second-order valence-corrected chi connectivity index (χ2v) is 4.86. The predicted octanol–water partition coefficient (Wildman–Crippen LogP) is 1.60. The zero-order chi connectivity index (χ0) is 13.1. The fourth-order valence-corrected chi connectivity index (χ4v) is 2.53. The monoisotopic (exact) mass is 267 g/mol. The van der Waals surface area contributed by atoms with E-state index in [-0.39, 0.29) is 10.8 Å². The second kappa shape index (κ2) is 5.63. The van der Waals surface area contributed by atoms with E-state index in [1.807, 2.05) is 6.07 Å². The molecule has 1 fully saturated rings. The molecule has 1 heterocycles. The van der Waals surface area contributed by atoms with Crippen LogP contribution in [0, 0.1) is 5.82 Å². The lowest BCUT2D eigenvalue weighted by atomic mass is 10.1. The normalized spacial score (nSPS) is 16.9. The van der Waals surface area contributed by atoms with Gasteiger partial charge in [0.05, 0.1) is 5.56 Å². The lowest BCUT2D eigenvalue weighted by Crippen LogP contribution is -2.46. The number of hydrogen-bond donors (Lipinski definition) is 1. The first-order chi connectivity index (χ1) is 8.63. The van der Waals surface area contributed by atoms with Crippen molar-refractivity contribution in [3.63, 3.8) is 0 Å². The van der Waals surface area contributed by atoms with Gasteiger partial charge in [-0.05, 0) is 18.7 Å². The van der Waals surface area contributed by atoms with E-state index in [4.69, 9.17) is 18.0 Å². The average molecular weight is 267 g/mol. The number of thiocarbonyl (C=S) groups is 1. The van der Waals surface area contributed by atoms with E-state index < -0.39 is 0 Å². The van der Waals surface area contributed by atoms with Gasteiger partial charge in [-0.25, -0.2) is 4.39 Å². The number of hydrogen-bond acceptors (Lipinski definition) is 3. The summed E-state index contributed by atoms with van der Waals surface area (Å²) in [5.41, 5.74) is 6.82. The maximum absolute atomic E-state index is 13.8. The SMILES string of the molecule is CCN1CCN(c2cccc(F)c2C(N)=S)CC1. The molecule has 0 spiro atoms. The van der Waals surface area contributed by atoms with Crippen molar-refractivity contribution < 1.29 is 4.39 Å². The van der Waals surface area contributed by atoms with Crippen molar-refractivity contribution >= 4 is 22.9 Å². The van der Waals surface area contributed by atoms with Gasteiger partial charge in [0.1, 0.15) is 10.8 Å². The summed E-state index contributed by atoms with van der Waals surface area (Å²) in [6.07, 6.45) is 0. The summed E-state index contributed by atoms with van der Waals surface area (Å²) >= 11 is 4.95. The number of nitrogens with two attached hydrogens (primary N) is 1. The van der Waals surface area contributed by atoms with E-state index in [9.17, 15) is 4.39 Å². The van der Waals surface area contributed by atoms with Crippen molar-refractivity contribution in [1.82, 2.24) is 4.90 Å². The van der Waals surface area contributed by atoms with Gasteiger partial charge in [-0.1, -0.05) is 25.2 Å². The molecule has 1 aliphatic rings. The summed E-state index contributed by atoms with van der Waals surface area (Å²) in [5, 5.41) is 0. The maximum atomic E-state index is 13.8. The highest BCUT2D eigenvalue weighted by Gasteiger charge is 2.20. The quantitative estimate of drug-likeness (QED) is 0.843. The van der Waals surface area contributed by atoms with Crippen LogP contribution in [0.4, 0.5) is 10.1 Å². The first kappa shape index (κ1) is 13.2. The molecule has 0 radical (unpaired) electrons. The Balaban J connectivity index is 2.24. The molecule has 0 unspecified atom stereocenters. The van der Waals surface area contributed by atoms with E-state index in [1.54, 1.807) is 6.07 Å². The van der Waals surface area contributed by atoms with Crippen molar-refractivity contribution in [2.24, 2.45) is 5.73 Å². The molecule has 0 saturated carbocycles. The molecule has 1 aromatic carbocycles. The van der Waals surface area contributed by atoms with E-state index >= 15 is 0 Å². The zero-order valence-electron chi connectivity index (χ0n) is 10.5. The minimum absolute atomic E-state index is 0.126. The van der Waals surface area contributed by atoms with Crippen LogP contribution in [0.1, 0.15) is 12.5 Å². The van der Waals surface area contributed by atoms with Crippen molar-refractivity contribution in [2.45, 2.75) is 6.92 Å². The topological polar surface area (TPSA) is 32.5 Å². The zero-order valence-corrected chi connectivity index (χ0v) is 11.3. The molecule has 2 N–H and O–H groups in total. The highest BCUT2D eigenvalue weighted by molar-refractivity contribution is 7.80. The summed E-state index contributed by atoms with van der Waals surface area (Å²) in [6.45, 7) is 6.95. The van der Waals surface area contributed by atoms with Gasteiger partial charge in [-0.3, -0.25) is 0 Å². The highest BCUT2D eigenvalue weighted by Crippen LogP contribution is 2.24. The lowest BCUT2D eigenvalue weighted by Gasteiger charge is -2.36. The molecule has 2 rings (SSSR count). The highest BCUT2D eigenvalue weighted by atomic mass is 32.1. The summed E-state index contributed by atoms with van der Waals surface area (Å²) in [4.78, 5) is 4.65. The van der Waals surface area contributed by atoms with Crippen LogP contribution in [-0.2, 0) is 0 Å². The molecule has 18 heavy (non-hydrogen) atoms. The summed E-state index contributed by atoms with van der Waals surface area (Å²) in [7, 11) is 0. The van der Waals surface area contributed by atoms with Gasteiger partial charge in [-0.15, -0.1) is 0 Å². The molecular weight excluding hydrogens is 249 g/mol. The van der Waals surface area contributed by atoms with Crippen LogP contribution in [0.25, 0.3) is 0 Å². The number of piperazine rings is 1. The first-order valence-corrected chi connectivity index (χ1v) is 6.60. The Morgan fingerprint density at radius 2 is 2.00 bits per heavy atom. The van der Waals surface area contributed by atoms with E-state index in [0.29, 0.717) is 5.56 Å². The fraction of sp³-hybridized carbons (Fsp3) is 0.462. The minimum atomic E-state index is -0.335. The average Bonchev–Trinajstić information content (AvgIpc) is 2.38. The third-order valence-electron chi connectivity index (χ3n) is 3.40. The number of benzene rings is 1. The van der Waals surface area contributed by atoms with E-state index in [1.165, 1.54) is 6.07 Å². The van der Waals surface area contributed by atoms with Crippen LogP contribution in [0.5, 0.6) is 0 Å². The molecule has 0 aromatic heterocycles. The van der Waals surface area contributed by atoms with Crippen LogP contribution in [0.3, 0.4) is 0 Å². The third-order valence-corrected chi connectivity index (χ3v) is 3.60. The van der Waals surface area contributed by atoms with Gasteiger partial charge in [0.15, 0.2) is 0 Å². The Bertz CT molecular complexity index is 442. The van der Waals surface area contributed by atoms with Crippen LogP contribution < -0.4 is 10.6 Å².